The predicted molar refractivity (Wildman–Crippen MR) is 245 cm³/mol. The largest absolute Gasteiger partial charge is 0.494 e. The molecule has 4 aromatic carbocycles. The standard InChI is InChI=1S/C51H62N4O10/c1-5-62-40-29-27-37(28-30-40)33-42(52-45(56)41(54-50(61)65-51(2,3)4)25-16-18-32-63-48(59)39-23-13-8-14-24-39)46(57)53-43(34-36-19-9-6-10-20-36)47(58)55-31-17-15-26-44(55)49(60)64-35-38-21-11-7-12-22-38/h6-14,19-24,27-30,41-44H,5,15-18,25-26,31-35H2,1-4H3,(H,52,56)(H,53,57)(H,54,61)/t41-,42-,43-,44+/m0/s1. The van der Waals surface area contributed by atoms with E-state index in [4.69, 9.17) is 18.9 Å². The van der Waals surface area contributed by atoms with Crippen LogP contribution in [0.1, 0.15) is 93.3 Å². The van der Waals surface area contributed by atoms with Crippen LogP contribution in [0.5, 0.6) is 5.75 Å². The van der Waals surface area contributed by atoms with Crippen molar-refractivity contribution in [2.75, 3.05) is 19.8 Å². The lowest BCUT2D eigenvalue weighted by Gasteiger charge is -2.37. The molecule has 4 amide bonds. The number of benzene rings is 4. The van der Waals surface area contributed by atoms with Crippen molar-refractivity contribution in [2.24, 2.45) is 0 Å². The van der Waals surface area contributed by atoms with Crippen LogP contribution in [0.25, 0.3) is 0 Å². The Balaban J connectivity index is 1.37. The van der Waals surface area contributed by atoms with Crippen LogP contribution in [0.3, 0.4) is 0 Å². The fraction of sp³-hybridized carbons (Fsp3) is 0.412. The number of nitrogens with zero attached hydrogens (tertiary/aromatic N) is 1. The second-order valence-corrected chi connectivity index (χ2v) is 16.9. The summed E-state index contributed by atoms with van der Waals surface area (Å²) < 4.78 is 22.3. The van der Waals surface area contributed by atoms with Gasteiger partial charge in [-0.2, -0.15) is 0 Å². The fourth-order valence-electron chi connectivity index (χ4n) is 7.38. The SMILES string of the molecule is CCOc1ccc(C[C@H](NC(=O)[C@H](CCCCOC(=O)c2ccccc2)NC(=O)OC(C)(C)C)C(=O)N[C@@H](Cc2ccccc2)C(=O)N2CCCC[C@@H]2C(=O)OCc2ccccc2)cc1. The maximum absolute atomic E-state index is 14.7. The highest BCUT2D eigenvalue weighted by atomic mass is 16.6. The van der Waals surface area contributed by atoms with E-state index in [1.807, 2.05) is 67.6 Å². The first-order valence-corrected chi connectivity index (χ1v) is 22.4. The molecule has 0 saturated carbocycles. The molecular formula is C51H62N4O10. The van der Waals surface area contributed by atoms with E-state index in [1.165, 1.54) is 4.90 Å². The van der Waals surface area contributed by atoms with E-state index < -0.39 is 65.5 Å². The number of likely N-dealkylation sites (tertiary alicyclic amines) is 1. The van der Waals surface area contributed by atoms with E-state index in [0.29, 0.717) is 55.7 Å². The van der Waals surface area contributed by atoms with E-state index in [0.717, 1.165) is 17.5 Å². The molecule has 5 rings (SSSR count). The van der Waals surface area contributed by atoms with Gasteiger partial charge in [-0.15, -0.1) is 0 Å². The first-order chi connectivity index (χ1) is 31.3. The van der Waals surface area contributed by atoms with Crippen LogP contribution in [-0.2, 0) is 52.8 Å². The molecule has 1 saturated heterocycles. The van der Waals surface area contributed by atoms with E-state index >= 15 is 0 Å². The topological polar surface area (TPSA) is 179 Å². The molecule has 4 atom stereocenters. The molecule has 3 N–H and O–H groups in total. The molecule has 1 fully saturated rings. The van der Waals surface area contributed by atoms with Gasteiger partial charge in [0, 0.05) is 19.4 Å². The Morgan fingerprint density at radius 2 is 1.25 bits per heavy atom. The highest BCUT2D eigenvalue weighted by Gasteiger charge is 2.38. The van der Waals surface area contributed by atoms with Crippen molar-refractivity contribution in [3.63, 3.8) is 0 Å². The molecule has 0 unspecified atom stereocenters. The second-order valence-electron chi connectivity index (χ2n) is 16.9. The van der Waals surface area contributed by atoms with Crippen molar-refractivity contribution in [1.29, 1.82) is 0 Å². The summed E-state index contributed by atoms with van der Waals surface area (Å²) in [6.07, 6.45) is 1.96. The minimum atomic E-state index is -1.23. The average Bonchev–Trinajstić information content (AvgIpc) is 3.30. The molecule has 346 valence electrons. The first kappa shape index (κ1) is 49.3. The molecule has 0 bridgehead atoms. The number of piperidine rings is 1. The maximum Gasteiger partial charge on any atom is 0.408 e. The van der Waals surface area contributed by atoms with Crippen LogP contribution in [0.15, 0.2) is 115 Å². The lowest BCUT2D eigenvalue weighted by Crippen LogP contribution is -2.60. The predicted octanol–water partition coefficient (Wildman–Crippen LogP) is 6.89. The lowest BCUT2D eigenvalue weighted by atomic mass is 9.98. The molecular weight excluding hydrogens is 829 g/mol. The van der Waals surface area contributed by atoms with Crippen LogP contribution in [-0.4, -0.2) is 90.2 Å². The number of rotatable bonds is 21. The van der Waals surface area contributed by atoms with Crippen molar-refractivity contribution < 1.29 is 47.7 Å². The summed E-state index contributed by atoms with van der Waals surface area (Å²) in [6.45, 7) is 7.86. The Hall–Kier alpha value is -6.70. The van der Waals surface area contributed by atoms with Gasteiger partial charge in [-0.05, 0) is 107 Å². The molecule has 1 aliphatic rings. The minimum absolute atomic E-state index is 0.0168. The van der Waals surface area contributed by atoms with E-state index in [9.17, 15) is 28.8 Å². The molecule has 65 heavy (non-hydrogen) atoms. The Bertz CT molecular complexity index is 2150. The van der Waals surface area contributed by atoms with Crippen molar-refractivity contribution in [3.8, 4) is 5.75 Å². The van der Waals surface area contributed by atoms with Gasteiger partial charge < -0.3 is 39.8 Å². The summed E-state index contributed by atoms with van der Waals surface area (Å²) in [5.74, 6) is -2.13. The van der Waals surface area contributed by atoms with Gasteiger partial charge in [0.15, 0.2) is 0 Å². The molecule has 1 aliphatic heterocycles. The number of alkyl carbamates (subject to hydrolysis) is 1. The summed E-state index contributed by atoms with van der Waals surface area (Å²) in [7, 11) is 0. The van der Waals surface area contributed by atoms with Gasteiger partial charge >= 0.3 is 18.0 Å². The normalized spacial score (nSPS) is 15.0. The van der Waals surface area contributed by atoms with Gasteiger partial charge in [0.1, 0.15) is 42.1 Å². The highest BCUT2D eigenvalue weighted by Crippen LogP contribution is 2.22. The second kappa shape index (κ2) is 25.0. The summed E-state index contributed by atoms with van der Waals surface area (Å²) in [5, 5.41) is 8.48. The Morgan fingerprint density at radius 3 is 1.89 bits per heavy atom. The monoisotopic (exact) mass is 890 g/mol. The Labute approximate surface area is 381 Å². The zero-order valence-electron chi connectivity index (χ0n) is 37.8. The quantitative estimate of drug-likeness (QED) is 0.0454. The Kier molecular flexibility index (Phi) is 18.9. The zero-order valence-corrected chi connectivity index (χ0v) is 37.8. The van der Waals surface area contributed by atoms with Crippen molar-refractivity contribution >= 4 is 35.8 Å². The molecule has 0 spiro atoms. The smallest absolute Gasteiger partial charge is 0.408 e. The number of carbonyl (C=O) groups excluding carboxylic acids is 6. The zero-order chi connectivity index (χ0) is 46.6. The number of hydrogen-bond acceptors (Lipinski definition) is 10. The Morgan fingerprint density at radius 1 is 0.662 bits per heavy atom. The van der Waals surface area contributed by atoms with E-state index in [2.05, 4.69) is 16.0 Å². The molecule has 4 aromatic rings. The minimum Gasteiger partial charge on any atom is -0.494 e. The molecule has 0 radical (unpaired) electrons. The summed E-state index contributed by atoms with van der Waals surface area (Å²) >= 11 is 0. The number of ether oxygens (including phenoxy) is 4. The maximum atomic E-state index is 14.7. The van der Waals surface area contributed by atoms with Gasteiger partial charge in [-0.25, -0.2) is 14.4 Å². The van der Waals surface area contributed by atoms with Gasteiger partial charge in [-0.3, -0.25) is 14.4 Å². The van der Waals surface area contributed by atoms with Crippen molar-refractivity contribution in [1.82, 2.24) is 20.9 Å². The van der Waals surface area contributed by atoms with E-state index in [-0.39, 0.29) is 32.5 Å². The van der Waals surface area contributed by atoms with Gasteiger partial charge in [0.2, 0.25) is 17.7 Å². The van der Waals surface area contributed by atoms with Gasteiger partial charge in [0.05, 0.1) is 18.8 Å². The van der Waals surface area contributed by atoms with Gasteiger partial charge in [-0.1, -0.05) is 91.0 Å². The van der Waals surface area contributed by atoms with Gasteiger partial charge in [0.25, 0.3) is 0 Å². The van der Waals surface area contributed by atoms with Crippen LogP contribution in [0.2, 0.25) is 0 Å². The summed E-state index contributed by atoms with van der Waals surface area (Å²) in [4.78, 5) is 84.3. The third kappa shape index (κ3) is 16.4. The average molecular weight is 891 g/mol. The van der Waals surface area contributed by atoms with E-state index in [1.54, 1.807) is 75.4 Å². The third-order valence-corrected chi connectivity index (χ3v) is 10.6. The number of esters is 2. The molecule has 14 nitrogen and oxygen atoms in total. The molecule has 0 aliphatic carbocycles. The van der Waals surface area contributed by atoms with Crippen LogP contribution < -0.4 is 20.7 Å². The number of carbonyl (C=O) groups is 6. The van der Waals surface area contributed by atoms with Crippen molar-refractivity contribution in [3.05, 3.63) is 138 Å². The molecule has 1 heterocycles. The first-order valence-electron chi connectivity index (χ1n) is 22.4. The van der Waals surface area contributed by atoms with Crippen LogP contribution in [0, 0.1) is 0 Å². The summed E-state index contributed by atoms with van der Waals surface area (Å²) in [5.41, 5.74) is 1.83. The number of nitrogens with one attached hydrogen (secondary N) is 3. The fourth-order valence-corrected chi connectivity index (χ4v) is 7.38. The molecule has 0 aromatic heterocycles. The van der Waals surface area contributed by atoms with Crippen molar-refractivity contribution in [2.45, 2.75) is 115 Å². The number of hydrogen-bond donors (Lipinski definition) is 3. The lowest BCUT2D eigenvalue weighted by molar-refractivity contribution is -0.159. The van der Waals surface area contributed by atoms with Crippen LogP contribution >= 0.6 is 0 Å². The third-order valence-electron chi connectivity index (χ3n) is 10.6. The molecule has 14 heteroatoms. The summed E-state index contributed by atoms with van der Waals surface area (Å²) in [6, 6.07) is 29.9. The number of unbranched alkanes of at least 4 members (excludes halogenated alkanes) is 1. The number of amides is 4. The van der Waals surface area contributed by atoms with Crippen LogP contribution in [0.4, 0.5) is 4.79 Å². The highest BCUT2D eigenvalue weighted by molar-refractivity contribution is 5.95.